The first-order valence-corrected chi connectivity index (χ1v) is 8.80. The van der Waals surface area contributed by atoms with Crippen molar-refractivity contribution in [3.05, 3.63) is 42.2 Å². The lowest BCUT2D eigenvalue weighted by atomic mass is 10.2. The second-order valence-electron chi connectivity index (χ2n) is 6.26. The highest BCUT2D eigenvalue weighted by Gasteiger charge is 2.16. The zero-order chi connectivity index (χ0) is 17.8. The fraction of sp³-hybridized carbons (Fsp3) is 0.368. The van der Waals surface area contributed by atoms with Crippen molar-refractivity contribution in [2.24, 2.45) is 0 Å². The summed E-state index contributed by atoms with van der Waals surface area (Å²) in [5.74, 6) is 1.05. The molecule has 0 spiro atoms. The van der Waals surface area contributed by atoms with Crippen LogP contribution in [-0.2, 0) is 4.74 Å². The molecule has 1 amide bonds. The molecule has 7 nitrogen and oxygen atoms in total. The third-order valence-electron chi connectivity index (χ3n) is 4.35. The van der Waals surface area contributed by atoms with Crippen LogP contribution in [0.25, 0.3) is 0 Å². The van der Waals surface area contributed by atoms with Gasteiger partial charge in [0, 0.05) is 24.9 Å². The van der Waals surface area contributed by atoms with Gasteiger partial charge in [-0.25, -0.2) is 4.98 Å². The maximum atomic E-state index is 12.4. The predicted molar refractivity (Wildman–Crippen MR) is 97.1 cm³/mol. The van der Waals surface area contributed by atoms with Gasteiger partial charge in [0.05, 0.1) is 18.0 Å². The Morgan fingerprint density at radius 3 is 2.69 bits per heavy atom. The number of amides is 1. The molecule has 2 aliphatic rings. The van der Waals surface area contributed by atoms with Crippen molar-refractivity contribution in [3.63, 3.8) is 0 Å². The van der Waals surface area contributed by atoms with Crippen LogP contribution in [0.2, 0.25) is 0 Å². The molecule has 0 aliphatic carbocycles. The van der Waals surface area contributed by atoms with Crippen molar-refractivity contribution in [2.75, 3.05) is 37.0 Å². The lowest BCUT2D eigenvalue weighted by molar-refractivity contribution is 0.102. The van der Waals surface area contributed by atoms with E-state index in [9.17, 15) is 4.79 Å². The number of aromatic nitrogens is 1. The molecule has 7 heteroatoms. The maximum absolute atomic E-state index is 12.4. The van der Waals surface area contributed by atoms with Crippen molar-refractivity contribution in [3.8, 4) is 11.5 Å². The molecule has 1 atom stereocenters. The topological polar surface area (TPSA) is 81.7 Å². The Morgan fingerprint density at radius 1 is 1.08 bits per heavy atom. The minimum atomic E-state index is -0.271. The molecule has 4 rings (SSSR count). The summed E-state index contributed by atoms with van der Waals surface area (Å²) < 4.78 is 16.6. The number of ether oxygens (including phenoxy) is 3. The summed E-state index contributed by atoms with van der Waals surface area (Å²) in [6.45, 7) is 2.64. The zero-order valence-electron chi connectivity index (χ0n) is 14.4. The normalized spacial score (nSPS) is 18.4. The highest BCUT2D eigenvalue weighted by molar-refractivity contribution is 6.03. The Bertz CT molecular complexity index is 773. The van der Waals surface area contributed by atoms with E-state index in [1.165, 1.54) is 0 Å². The predicted octanol–water partition coefficient (Wildman–Crippen LogP) is 2.70. The monoisotopic (exact) mass is 355 g/mol. The number of benzene rings is 1. The van der Waals surface area contributed by atoms with Crippen LogP contribution in [0, 0.1) is 0 Å². The maximum Gasteiger partial charge on any atom is 0.274 e. The van der Waals surface area contributed by atoms with E-state index in [4.69, 9.17) is 14.2 Å². The van der Waals surface area contributed by atoms with Crippen molar-refractivity contribution in [1.82, 2.24) is 4.98 Å². The van der Waals surface area contributed by atoms with Crippen LogP contribution < -0.4 is 20.1 Å². The molecular formula is C19H21N3O4. The standard InChI is InChI=1S/C19H21N3O4/c23-19(22-13-4-6-17-18(10-13)26-9-8-25-17)16-5-3-14(11-21-16)20-12-15-2-1-7-24-15/h3-6,10-11,15,20H,1-2,7-9,12H2,(H,22,23). The smallest absolute Gasteiger partial charge is 0.274 e. The van der Waals surface area contributed by atoms with Gasteiger partial charge in [-0.15, -0.1) is 0 Å². The van der Waals surface area contributed by atoms with Gasteiger partial charge >= 0.3 is 0 Å². The molecule has 2 N–H and O–H groups in total. The van der Waals surface area contributed by atoms with Crippen molar-refractivity contribution in [1.29, 1.82) is 0 Å². The average molecular weight is 355 g/mol. The summed E-state index contributed by atoms with van der Waals surface area (Å²) >= 11 is 0. The third kappa shape index (κ3) is 3.88. The molecule has 136 valence electrons. The number of pyridine rings is 1. The fourth-order valence-corrected chi connectivity index (χ4v) is 2.99. The number of carbonyl (C=O) groups excluding carboxylic acids is 1. The largest absolute Gasteiger partial charge is 0.486 e. The molecule has 1 fully saturated rings. The fourth-order valence-electron chi connectivity index (χ4n) is 2.99. The van der Waals surface area contributed by atoms with Gasteiger partial charge < -0.3 is 24.8 Å². The second-order valence-corrected chi connectivity index (χ2v) is 6.26. The number of carbonyl (C=O) groups is 1. The molecule has 0 bridgehead atoms. The van der Waals surface area contributed by atoms with E-state index in [1.54, 1.807) is 30.5 Å². The Hall–Kier alpha value is -2.80. The Labute approximate surface area is 151 Å². The lowest BCUT2D eigenvalue weighted by Gasteiger charge is -2.19. The van der Waals surface area contributed by atoms with Crippen molar-refractivity contribution < 1.29 is 19.0 Å². The van der Waals surface area contributed by atoms with Crippen molar-refractivity contribution in [2.45, 2.75) is 18.9 Å². The molecule has 0 saturated carbocycles. The lowest BCUT2D eigenvalue weighted by Crippen LogP contribution is -2.19. The first kappa shape index (κ1) is 16.7. The van der Waals surface area contributed by atoms with Gasteiger partial charge in [0.25, 0.3) is 5.91 Å². The van der Waals surface area contributed by atoms with Gasteiger partial charge in [-0.05, 0) is 37.1 Å². The second kappa shape index (κ2) is 7.61. The molecule has 3 heterocycles. The third-order valence-corrected chi connectivity index (χ3v) is 4.35. The highest BCUT2D eigenvalue weighted by atomic mass is 16.6. The number of nitrogens with zero attached hydrogens (tertiary/aromatic N) is 1. The molecule has 1 aromatic carbocycles. The quantitative estimate of drug-likeness (QED) is 0.858. The molecule has 1 unspecified atom stereocenters. The van der Waals surface area contributed by atoms with Crippen LogP contribution in [-0.4, -0.2) is 43.4 Å². The van der Waals surface area contributed by atoms with E-state index in [-0.39, 0.29) is 12.0 Å². The SMILES string of the molecule is O=C(Nc1ccc2c(c1)OCCO2)c1ccc(NCC2CCCO2)cn1. The summed E-state index contributed by atoms with van der Waals surface area (Å²) in [6, 6.07) is 8.87. The van der Waals surface area contributed by atoms with E-state index in [1.807, 2.05) is 6.07 Å². The zero-order valence-corrected chi connectivity index (χ0v) is 14.4. The molecule has 1 aromatic heterocycles. The summed E-state index contributed by atoms with van der Waals surface area (Å²) in [6.07, 6.45) is 4.11. The van der Waals surface area contributed by atoms with E-state index < -0.39 is 0 Å². The van der Waals surface area contributed by atoms with Gasteiger partial charge in [0.2, 0.25) is 0 Å². The molecule has 0 radical (unpaired) electrons. The minimum absolute atomic E-state index is 0.258. The molecule has 1 saturated heterocycles. The minimum Gasteiger partial charge on any atom is -0.486 e. The van der Waals surface area contributed by atoms with Crippen LogP contribution in [0.4, 0.5) is 11.4 Å². The summed E-state index contributed by atoms with van der Waals surface area (Å²) in [5, 5.41) is 6.11. The summed E-state index contributed by atoms with van der Waals surface area (Å²) in [5.41, 5.74) is 1.86. The van der Waals surface area contributed by atoms with Crippen LogP contribution in [0.1, 0.15) is 23.3 Å². The highest BCUT2D eigenvalue weighted by Crippen LogP contribution is 2.32. The van der Waals surface area contributed by atoms with Gasteiger partial charge in [-0.2, -0.15) is 0 Å². The van der Waals surface area contributed by atoms with Gasteiger partial charge in [-0.1, -0.05) is 0 Å². The van der Waals surface area contributed by atoms with E-state index >= 15 is 0 Å². The molecule has 2 aliphatic heterocycles. The molecule has 2 aromatic rings. The van der Waals surface area contributed by atoms with Crippen LogP contribution in [0.3, 0.4) is 0 Å². The van der Waals surface area contributed by atoms with Gasteiger partial charge in [-0.3, -0.25) is 4.79 Å². The van der Waals surface area contributed by atoms with E-state index in [0.29, 0.717) is 36.1 Å². The first-order chi connectivity index (χ1) is 12.8. The van der Waals surface area contributed by atoms with Crippen LogP contribution in [0.5, 0.6) is 11.5 Å². The average Bonchev–Trinajstić information content (AvgIpc) is 3.20. The molecular weight excluding hydrogens is 334 g/mol. The molecule has 26 heavy (non-hydrogen) atoms. The van der Waals surface area contributed by atoms with E-state index in [0.717, 1.165) is 31.7 Å². The summed E-state index contributed by atoms with van der Waals surface area (Å²) in [4.78, 5) is 16.6. The number of nitrogens with one attached hydrogen (secondary N) is 2. The Kier molecular flexibility index (Phi) is 4.88. The number of hydrogen-bond donors (Lipinski definition) is 2. The van der Waals surface area contributed by atoms with Crippen molar-refractivity contribution >= 4 is 17.3 Å². The first-order valence-electron chi connectivity index (χ1n) is 8.80. The number of anilines is 2. The van der Waals surface area contributed by atoms with E-state index in [2.05, 4.69) is 15.6 Å². The van der Waals surface area contributed by atoms with Gasteiger partial charge in [0.1, 0.15) is 18.9 Å². The van der Waals surface area contributed by atoms with Crippen LogP contribution >= 0.6 is 0 Å². The van der Waals surface area contributed by atoms with Crippen LogP contribution in [0.15, 0.2) is 36.5 Å². The Balaban J connectivity index is 1.35. The summed E-state index contributed by atoms with van der Waals surface area (Å²) in [7, 11) is 0. The Morgan fingerprint density at radius 2 is 1.92 bits per heavy atom. The number of rotatable bonds is 5. The number of fused-ring (bicyclic) bond motifs is 1. The van der Waals surface area contributed by atoms with Gasteiger partial charge in [0.15, 0.2) is 11.5 Å². The number of hydrogen-bond acceptors (Lipinski definition) is 6.